The molecule has 4 N–H and O–H groups in total. The molecule has 1 aromatic rings. The molecule has 0 saturated carbocycles. The molecule has 66 valence electrons. The van der Waals surface area contributed by atoms with Gasteiger partial charge in [-0.1, -0.05) is 0 Å². The fourth-order valence-corrected chi connectivity index (χ4v) is 2.02. The molecule has 0 aromatic carbocycles. The minimum absolute atomic E-state index is 0.0787. The van der Waals surface area contributed by atoms with Gasteiger partial charge in [-0.25, -0.2) is 4.99 Å². The Hall–Kier alpha value is -1.03. The maximum Gasteiger partial charge on any atom is 0.186 e. The summed E-state index contributed by atoms with van der Waals surface area (Å²) >= 11 is 1.68. The van der Waals surface area contributed by atoms with Crippen molar-refractivity contribution in [3.63, 3.8) is 0 Å². The van der Waals surface area contributed by atoms with E-state index in [9.17, 15) is 0 Å². The highest BCUT2D eigenvalue weighted by Crippen LogP contribution is 2.25. The summed E-state index contributed by atoms with van der Waals surface area (Å²) in [4.78, 5) is 5.29. The molecule has 0 radical (unpaired) electrons. The number of aryl methyl sites for hydroxylation is 1. The van der Waals surface area contributed by atoms with Crippen molar-refractivity contribution in [2.75, 3.05) is 0 Å². The molecular formula is C8H13N3S. The van der Waals surface area contributed by atoms with Crippen molar-refractivity contribution in [3.05, 3.63) is 21.9 Å². The average molecular weight is 183 g/mol. The van der Waals surface area contributed by atoms with E-state index in [0.29, 0.717) is 0 Å². The highest BCUT2D eigenvalue weighted by atomic mass is 32.1. The Morgan fingerprint density at radius 3 is 2.67 bits per heavy atom. The number of guanidine groups is 1. The minimum atomic E-state index is 0.0787. The third-order valence-corrected chi connectivity index (χ3v) is 2.81. The molecule has 1 atom stereocenters. The molecule has 12 heavy (non-hydrogen) atoms. The van der Waals surface area contributed by atoms with E-state index in [4.69, 9.17) is 11.5 Å². The van der Waals surface area contributed by atoms with E-state index < -0.39 is 0 Å². The average Bonchev–Trinajstić information content (AvgIpc) is 2.33. The highest BCUT2D eigenvalue weighted by Gasteiger charge is 2.07. The van der Waals surface area contributed by atoms with Crippen LogP contribution in [0, 0.1) is 6.92 Å². The number of rotatable bonds is 2. The van der Waals surface area contributed by atoms with Crippen LogP contribution in [0.2, 0.25) is 0 Å². The van der Waals surface area contributed by atoms with Gasteiger partial charge in [0, 0.05) is 4.88 Å². The van der Waals surface area contributed by atoms with Crippen molar-refractivity contribution in [2.24, 2.45) is 16.5 Å². The minimum Gasteiger partial charge on any atom is -0.370 e. The molecule has 4 heteroatoms. The van der Waals surface area contributed by atoms with Crippen molar-refractivity contribution >= 4 is 17.3 Å². The molecule has 1 heterocycles. The van der Waals surface area contributed by atoms with E-state index in [1.54, 1.807) is 11.3 Å². The van der Waals surface area contributed by atoms with Crippen LogP contribution in [0.3, 0.4) is 0 Å². The van der Waals surface area contributed by atoms with Crippen LogP contribution >= 0.6 is 11.3 Å². The first-order chi connectivity index (χ1) is 5.61. The SMILES string of the molecule is Cc1ccsc1C(C)N=C(N)N. The topological polar surface area (TPSA) is 64.4 Å². The lowest BCUT2D eigenvalue weighted by Crippen LogP contribution is -2.23. The van der Waals surface area contributed by atoms with Crippen molar-refractivity contribution in [2.45, 2.75) is 19.9 Å². The van der Waals surface area contributed by atoms with Gasteiger partial charge in [-0.05, 0) is 30.9 Å². The van der Waals surface area contributed by atoms with Gasteiger partial charge in [0.25, 0.3) is 0 Å². The molecule has 0 spiro atoms. The molecule has 3 nitrogen and oxygen atoms in total. The smallest absolute Gasteiger partial charge is 0.186 e. The van der Waals surface area contributed by atoms with Crippen LogP contribution in [-0.2, 0) is 0 Å². The van der Waals surface area contributed by atoms with Gasteiger partial charge in [0.15, 0.2) is 5.96 Å². The molecule has 0 bridgehead atoms. The van der Waals surface area contributed by atoms with E-state index >= 15 is 0 Å². The lowest BCUT2D eigenvalue weighted by Gasteiger charge is -2.04. The summed E-state index contributed by atoms with van der Waals surface area (Å²) in [5, 5.41) is 2.05. The van der Waals surface area contributed by atoms with E-state index in [2.05, 4.69) is 18.0 Å². The normalized spacial score (nSPS) is 12.5. The molecule has 0 saturated heterocycles. The predicted octanol–water partition coefficient (Wildman–Crippen LogP) is 1.39. The van der Waals surface area contributed by atoms with E-state index in [0.717, 1.165) is 0 Å². The zero-order valence-electron chi connectivity index (χ0n) is 7.24. The largest absolute Gasteiger partial charge is 0.370 e. The Labute approximate surface area is 76.1 Å². The second kappa shape index (κ2) is 3.58. The molecule has 1 rings (SSSR count). The molecule has 1 aromatic heterocycles. The van der Waals surface area contributed by atoms with Crippen LogP contribution in [0.4, 0.5) is 0 Å². The number of aliphatic imine (C=N–C) groups is 1. The Bertz CT molecular complexity index is 286. The van der Waals surface area contributed by atoms with E-state index in [-0.39, 0.29) is 12.0 Å². The van der Waals surface area contributed by atoms with Crippen molar-refractivity contribution < 1.29 is 0 Å². The van der Waals surface area contributed by atoms with Gasteiger partial charge in [-0.15, -0.1) is 11.3 Å². The van der Waals surface area contributed by atoms with Crippen LogP contribution in [0.15, 0.2) is 16.4 Å². The standard InChI is InChI=1S/C8H13N3S/c1-5-3-4-12-7(5)6(2)11-8(9)10/h3-4,6H,1-2H3,(H4,9,10,11). The zero-order chi connectivity index (χ0) is 9.14. The van der Waals surface area contributed by atoms with Gasteiger partial charge < -0.3 is 11.5 Å². The van der Waals surface area contributed by atoms with Crippen LogP contribution < -0.4 is 11.5 Å². The van der Waals surface area contributed by atoms with Gasteiger partial charge in [-0.2, -0.15) is 0 Å². The monoisotopic (exact) mass is 183 g/mol. The quantitative estimate of drug-likeness (QED) is 0.537. The predicted molar refractivity (Wildman–Crippen MR) is 53.3 cm³/mol. The van der Waals surface area contributed by atoms with Crippen LogP contribution in [-0.4, -0.2) is 5.96 Å². The fourth-order valence-electron chi connectivity index (χ4n) is 1.09. The number of nitrogens with two attached hydrogens (primary N) is 2. The first kappa shape index (κ1) is 9.06. The third-order valence-electron chi connectivity index (χ3n) is 1.62. The summed E-state index contributed by atoms with van der Waals surface area (Å²) in [6.45, 7) is 4.04. The second-order valence-electron chi connectivity index (χ2n) is 2.70. The van der Waals surface area contributed by atoms with E-state index in [1.165, 1.54) is 10.4 Å². The van der Waals surface area contributed by atoms with Gasteiger partial charge in [0.1, 0.15) is 0 Å². The molecule has 0 aliphatic carbocycles. The zero-order valence-corrected chi connectivity index (χ0v) is 8.06. The van der Waals surface area contributed by atoms with Gasteiger partial charge in [-0.3, -0.25) is 0 Å². The summed E-state index contributed by atoms with van der Waals surface area (Å²) in [5.74, 6) is 0.148. The molecule has 0 aliphatic rings. The van der Waals surface area contributed by atoms with Gasteiger partial charge in [0.2, 0.25) is 0 Å². The van der Waals surface area contributed by atoms with E-state index in [1.807, 2.05) is 12.3 Å². The molecule has 0 amide bonds. The fraction of sp³-hybridized carbons (Fsp3) is 0.375. The first-order valence-corrected chi connectivity index (χ1v) is 4.62. The number of nitrogens with zero attached hydrogens (tertiary/aromatic N) is 1. The Kier molecular flexibility index (Phi) is 2.70. The summed E-state index contributed by atoms with van der Waals surface area (Å²) in [7, 11) is 0. The molecule has 0 aliphatic heterocycles. The summed E-state index contributed by atoms with van der Waals surface area (Å²) in [5.41, 5.74) is 11.8. The first-order valence-electron chi connectivity index (χ1n) is 3.74. The summed E-state index contributed by atoms with van der Waals surface area (Å²) < 4.78 is 0. The maximum atomic E-state index is 5.28. The van der Waals surface area contributed by atoms with Gasteiger partial charge in [0.05, 0.1) is 6.04 Å². The number of hydrogen-bond acceptors (Lipinski definition) is 2. The van der Waals surface area contributed by atoms with Crippen molar-refractivity contribution in [3.8, 4) is 0 Å². The maximum absolute atomic E-state index is 5.28. The third kappa shape index (κ3) is 1.98. The molecular weight excluding hydrogens is 170 g/mol. The lowest BCUT2D eigenvalue weighted by molar-refractivity contribution is 0.828. The lowest BCUT2D eigenvalue weighted by atomic mass is 10.2. The van der Waals surface area contributed by atoms with Crippen LogP contribution in [0.1, 0.15) is 23.4 Å². The number of hydrogen-bond donors (Lipinski definition) is 2. The Morgan fingerprint density at radius 2 is 2.25 bits per heavy atom. The van der Waals surface area contributed by atoms with Crippen molar-refractivity contribution in [1.82, 2.24) is 0 Å². The molecule has 1 unspecified atom stereocenters. The number of thiophene rings is 1. The van der Waals surface area contributed by atoms with Crippen LogP contribution in [0.25, 0.3) is 0 Å². The molecule has 0 fully saturated rings. The van der Waals surface area contributed by atoms with Crippen LogP contribution in [0.5, 0.6) is 0 Å². The van der Waals surface area contributed by atoms with Crippen molar-refractivity contribution in [1.29, 1.82) is 0 Å². The Balaban J connectivity index is 2.85. The second-order valence-corrected chi connectivity index (χ2v) is 3.65. The van der Waals surface area contributed by atoms with Gasteiger partial charge >= 0.3 is 0 Å². The summed E-state index contributed by atoms with van der Waals surface area (Å²) in [6.07, 6.45) is 0. The summed E-state index contributed by atoms with van der Waals surface area (Å²) in [6, 6.07) is 2.15. The highest BCUT2D eigenvalue weighted by molar-refractivity contribution is 7.10. The Morgan fingerprint density at radius 1 is 1.58 bits per heavy atom.